The van der Waals surface area contributed by atoms with Crippen molar-refractivity contribution in [3.05, 3.63) is 47.3 Å². The average Bonchev–Trinajstić information content (AvgIpc) is 3.10. The van der Waals surface area contributed by atoms with Gasteiger partial charge < -0.3 is 14.7 Å². The van der Waals surface area contributed by atoms with Gasteiger partial charge in [0.05, 0.1) is 19.3 Å². The topological polar surface area (TPSA) is 84.7 Å². The lowest BCUT2D eigenvalue weighted by molar-refractivity contribution is -0.222. The van der Waals surface area contributed by atoms with Crippen molar-refractivity contribution in [2.24, 2.45) is 10.8 Å². The highest BCUT2D eigenvalue weighted by Gasteiger charge is 2.66. The molecular weight excluding hydrogens is 370 g/mol. The molecule has 1 amide bonds. The first-order chi connectivity index (χ1) is 14.0. The van der Waals surface area contributed by atoms with Crippen LogP contribution in [0, 0.1) is 10.8 Å². The lowest BCUT2D eigenvalue weighted by Gasteiger charge is -2.70. The van der Waals surface area contributed by atoms with Crippen LogP contribution < -0.4 is 4.90 Å². The summed E-state index contributed by atoms with van der Waals surface area (Å²) in [4.78, 5) is 26.9. The van der Waals surface area contributed by atoms with E-state index < -0.39 is 5.97 Å². The molecular formula is C22H25N3O4. The Morgan fingerprint density at radius 1 is 1.17 bits per heavy atom. The molecule has 0 radical (unpaired) electrons. The van der Waals surface area contributed by atoms with E-state index in [1.807, 2.05) is 12.1 Å². The molecule has 3 fully saturated rings. The van der Waals surface area contributed by atoms with Crippen molar-refractivity contribution in [1.82, 2.24) is 9.78 Å². The quantitative estimate of drug-likeness (QED) is 0.760. The van der Waals surface area contributed by atoms with Crippen molar-refractivity contribution >= 4 is 17.6 Å². The first kappa shape index (κ1) is 18.4. The number of aliphatic hydroxyl groups excluding tert-OH is 1. The maximum absolute atomic E-state index is 13.1. The third-order valence-electron chi connectivity index (χ3n) is 6.73. The number of carbonyl (C=O) groups excluding carboxylic acids is 2. The Morgan fingerprint density at radius 3 is 2.55 bits per heavy atom. The molecule has 1 aromatic carbocycles. The molecule has 2 aromatic rings. The standard InChI is InChI=1S/C22H25N3O4/c1-2-29-20(28)17-10-23-25-8-7-24(19(27)18(17)25)16-5-3-15(4-6-16)9-21-11-22(12-21,13-21)14-26/h3-6,10,26H,2,7-9,11-14H2,1H3. The molecule has 0 spiro atoms. The minimum Gasteiger partial charge on any atom is -0.462 e. The largest absolute Gasteiger partial charge is 0.462 e. The lowest BCUT2D eigenvalue weighted by atomic mass is 9.34. The van der Waals surface area contributed by atoms with E-state index >= 15 is 0 Å². The number of hydrogen-bond acceptors (Lipinski definition) is 5. The Balaban J connectivity index is 1.31. The first-order valence-electron chi connectivity index (χ1n) is 10.2. The predicted octanol–water partition coefficient (Wildman–Crippen LogP) is 2.43. The van der Waals surface area contributed by atoms with Gasteiger partial charge in [0.2, 0.25) is 0 Å². The summed E-state index contributed by atoms with van der Waals surface area (Å²) in [6.07, 6.45) is 5.83. The minimum absolute atomic E-state index is 0.222. The van der Waals surface area contributed by atoms with Crippen LogP contribution in [0.5, 0.6) is 0 Å². The number of ether oxygens (including phenoxy) is 1. The number of carbonyl (C=O) groups is 2. The summed E-state index contributed by atoms with van der Waals surface area (Å²) in [5, 5.41) is 13.6. The molecule has 0 saturated heterocycles. The van der Waals surface area contributed by atoms with Crippen molar-refractivity contribution in [2.75, 3.05) is 24.7 Å². The number of aliphatic hydroxyl groups is 1. The number of hydrogen-bond donors (Lipinski definition) is 1. The molecule has 29 heavy (non-hydrogen) atoms. The number of fused-ring (bicyclic) bond motifs is 1. The zero-order chi connectivity index (χ0) is 20.2. The zero-order valence-electron chi connectivity index (χ0n) is 16.6. The molecule has 3 aliphatic carbocycles. The van der Waals surface area contributed by atoms with E-state index in [0.717, 1.165) is 31.4 Å². The van der Waals surface area contributed by atoms with Crippen molar-refractivity contribution in [1.29, 1.82) is 0 Å². The number of aromatic nitrogens is 2. The second-order valence-electron chi connectivity index (χ2n) is 8.84. The van der Waals surface area contributed by atoms with Gasteiger partial charge >= 0.3 is 5.97 Å². The molecule has 0 atom stereocenters. The van der Waals surface area contributed by atoms with Gasteiger partial charge in [0.15, 0.2) is 0 Å². The van der Waals surface area contributed by atoms with Gasteiger partial charge in [0.1, 0.15) is 11.3 Å². The van der Waals surface area contributed by atoms with Crippen LogP contribution >= 0.6 is 0 Å². The van der Waals surface area contributed by atoms with Gasteiger partial charge in [-0.3, -0.25) is 9.48 Å². The molecule has 3 saturated carbocycles. The third kappa shape index (κ3) is 2.79. The second-order valence-corrected chi connectivity index (χ2v) is 8.84. The van der Waals surface area contributed by atoms with Crippen LogP contribution in [0.25, 0.3) is 0 Å². The Labute approximate surface area is 169 Å². The fraction of sp³-hybridized carbons (Fsp3) is 0.500. The van der Waals surface area contributed by atoms with Crippen LogP contribution in [0.1, 0.15) is 52.6 Å². The Hall–Kier alpha value is -2.67. The summed E-state index contributed by atoms with van der Waals surface area (Å²) in [6.45, 7) is 3.35. The summed E-state index contributed by atoms with van der Waals surface area (Å²) in [5.41, 5.74) is 3.21. The van der Waals surface area contributed by atoms with Gasteiger partial charge in [0, 0.05) is 18.8 Å². The molecule has 6 rings (SSSR count). The molecule has 152 valence electrons. The van der Waals surface area contributed by atoms with E-state index in [9.17, 15) is 14.7 Å². The SMILES string of the molecule is CCOC(=O)c1cnn2c1C(=O)N(c1ccc(CC34CC(CO)(C3)C4)cc1)CC2. The maximum atomic E-state index is 13.1. The summed E-state index contributed by atoms with van der Waals surface area (Å²) in [6, 6.07) is 8.15. The molecule has 7 heteroatoms. The molecule has 1 aliphatic heterocycles. The van der Waals surface area contributed by atoms with Crippen molar-refractivity contribution in [3.8, 4) is 0 Å². The second kappa shape index (κ2) is 6.42. The highest BCUT2D eigenvalue weighted by atomic mass is 16.5. The molecule has 1 N–H and O–H groups in total. The number of amides is 1. The molecule has 1 aromatic heterocycles. The van der Waals surface area contributed by atoms with Crippen molar-refractivity contribution < 1.29 is 19.4 Å². The number of esters is 1. The van der Waals surface area contributed by atoms with Crippen LogP contribution in [0.15, 0.2) is 30.5 Å². The van der Waals surface area contributed by atoms with Crippen LogP contribution in [-0.2, 0) is 17.7 Å². The molecule has 7 nitrogen and oxygen atoms in total. The Bertz CT molecular complexity index is 959. The van der Waals surface area contributed by atoms with Crippen LogP contribution in [0.4, 0.5) is 5.69 Å². The number of anilines is 1. The summed E-state index contributed by atoms with van der Waals surface area (Å²) < 4.78 is 6.64. The van der Waals surface area contributed by atoms with E-state index in [4.69, 9.17) is 4.74 Å². The fourth-order valence-electron chi connectivity index (χ4n) is 5.62. The highest BCUT2D eigenvalue weighted by Crippen LogP contribution is 2.74. The summed E-state index contributed by atoms with van der Waals surface area (Å²) in [7, 11) is 0. The van der Waals surface area contributed by atoms with Crippen LogP contribution in [0.3, 0.4) is 0 Å². The lowest BCUT2D eigenvalue weighted by Crippen LogP contribution is -2.64. The maximum Gasteiger partial charge on any atom is 0.342 e. The average molecular weight is 395 g/mol. The summed E-state index contributed by atoms with van der Waals surface area (Å²) >= 11 is 0. The minimum atomic E-state index is -0.515. The van der Waals surface area contributed by atoms with E-state index in [1.165, 1.54) is 11.8 Å². The molecule has 4 aliphatic rings. The van der Waals surface area contributed by atoms with E-state index in [0.29, 0.717) is 30.8 Å². The van der Waals surface area contributed by atoms with Gasteiger partial charge in [-0.05, 0) is 61.1 Å². The molecule has 2 heterocycles. The smallest absolute Gasteiger partial charge is 0.342 e. The number of nitrogens with zero attached hydrogens (tertiary/aromatic N) is 3. The summed E-state index contributed by atoms with van der Waals surface area (Å²) in [5.74, 6) is -0.743. The predicted molar refractivity (Wildman–Crippen MR) is 106 cm³/mol. The zero-order valence-corrected chi connectivity index (χ0v) is 16.6. The first-order valence-corrected chi connectivity index (χ1v) is 10.2. The van der Waals surface area contributed by atoms with Gasteiger partial charge in [0.25, 0.3) is 5.91 Å². The molecule has 2 bridgehead atoms. The highest BCUT2D eigenvalue weighted by molar-refractivity contribution is 6.11. The van der Waals surface area contributed by atoms with Crippen LogP contribution in [-0.4, -0.2) is 46.5 Å². The van der Waals surface area contributed by atoms with Crippen molar-refractivity contribution in [3.63, 3.8) is 0 Å². The molecule has 0 unspecified atom stereocenters. The number of benzene rings is 1. The normalized spacial score (nSPS) is 27.1. The van der Waals surface area contributed by atoms with E-state index in [-0.39, 0.29) is 23.5 Å². The van der Waals surface area contributed by atoms with Gasteiger partial charge in [-0.2, -0.15) is 5.10 Å². The fourth-order valence-corrected chi connectivity index (χ4v) is 5.62. The Kier molecular flexibility index (Phi) is 4.07. The van der Waals surface area contributed by atoms with E-state index in [2.05, 4.69) is 17.2 Å². The third-order valence-corrected chi connectivity index (χ3v) is 6.73. The van der Waals surface area contributed by atoms with Gasteiger partial charge in [-0.25, -0.2) is 4.79 Å². The van der Waals surface area contributed by atoms with Crippen LogP contribution in [0.2, 0.25) is 0 Å². The Morgan fingerprint density at radius 2 is 1.90 bits per heavy atom. The van der Waals surface area contributed by atoms with E-state index in [1.54, 1.807) is 16.5 Å². The monoisotopic (exact) mass is 395 g/mol. The van der Waals surface area contributed by atoms with Gasteiger partial charge in [-0.1, -0.05) is 12.1 Å². The van der Waals surface area contributed by atoms with Crippen molar-refractivity contribution in [2.45, 2.75) is 39.2 Å². The van der Waals surface area contributed by atoms with Gasteiger partial charge in [-0.15, -0.1) is 0 Å². The number of rotatable bonds is 6.